The summed E-state index contributed by atoms with van der Waals surface area (Å²) >= 11 is 3.35. The Bertz CT molecular complexity index is 953. The van der Waals surface area contributed by atoms with Gasteiger partial charge in [0.1, 0.15) is 5.75 Å². The number of ether oxygens (including phenoxy) is 1. The van der Waals surface area contributed by atoms with Crippen LogP contribution in [0.2, 0.25) is 0 Å². The van der Waals surface area contributed by atoms with Crippen LogP contribution in [0, 0.1) is 0 Å². The molecule has 0 fully saturated rings. The molecule has 134 valence electrons. The van der Waals surface area contributed by atoms with Gasteiger partial charge < -0.3 is 4.74 Å². The van der Waals surface area contributed by atoms with Crippen LogP contribution in [0.15, 0.2) is 53.1 Å². The summed E-state index contributed by atoms with van der Waals surface area (Å²) < 4.78 is 42.9. The Labute approximate surface area is 154 Å². The van der Waals surface area contributed by atoms with Gasteiger partial charge in [-0.15, -0.1) is 18.3 Å². The standard InChI is InChI=1S/C17H11BrF3N3O2/c1-10(25)14-7-4-12(18)8-15(14)24-16(9-22-23-24)11-2-5-13(6-3-11)26-17(19,20)21/h2-9H,1H3. The molecule has 0 aliphatic carbocycles. The molecule has 0 aliphatic heterocycles. The maximum atomic E-state index is 12.3. The van der Waals surface area contributed by atoms with Gasteiger partial charge in [-0.05, 0) is 49.4 Å². The largest absolute Gasteiger partial charge is 0.573 e. The molecule has 1 heterocycles. The van der Waals surface area contributed by atoms with E-state index in [1.807, 2.05) is 0 Å². The van der Waals surface area contributed by atoms with Gasteiger partial charge in [-0.1, -0.05) is 21.1 Å². The molecule has 5 nitrogen and oxygen atoms in total. The molecule has 0 bridgehead atoms. The Kier molecular flexibility index (Phi) is 4.82. The molecule has 0 radical (unpaired) electrons. The van der Waals surface area contributed by atoms with Crippen molar-refractivity contribution < 1.29 is 22.7 Å². The van der Waals surface area contributed by atoms with Crippen molar-refractivity contribution in [1.82, 2.24) is 15.0 Å². The lowest BCUT2D eigenvalue weighted by molar-refractivity contribution is -0.274. The van der Waals surface area contributed by atoms with E-state index in [0.29, 0.717) is 22.5 Å². The van der Waals surface area contributed by atoms with Crippen LogP contribution >= 0.6 is 15.9 Å². The van der Waals surface area contributed by atoms with Gasteiger partial charge in [-0.25, -0.2) is 4.68 Å². The number of benzene rings is 2. The highest BCUT2D eigenvalue weighted by Gasteiger charge is 2.31. The van der Waals surface area contributed by atoms with Gasteiger partial charge in [-0.3, -0.25) is 4.79 Å². The lowest BCUT2D eigenvalue weighted by atomic mass is 10.1. The van der Waals surface area contributed by atoms with E-state index in [4.69, 9.17) is 0 Å². The van der Waals surface area contributed by atoms with Crippen molar-refractivity contribution in [3.8, 4) is 22.7 Å². The second kappa shape index (κ2) is 6.91. The number of alkyl halides is 3. The number of hydrogen-bond donors (Lipinski definition) is 0. The Morgan fingerprint density at radius 3 is 2.46 bits per heavy atom. The zero-order valence-electron chi connectivity index (χ0n) is 13.3. The van der Waals surface area contributed by atoms with Crippen molar-refractivity contribution in [2.45, 2.75) is 13.3 Å². The Balaban J connectivity index is 2.03. The second-order valence-corrected chi connectivity index (χ2v) is 6.24. The lowest BCUT2D eigenvalue weighted by Gasteiger charge is -2.12. The molecule has 3 rings (SSSR count). The van der Waals surface area contributed by atoms with Crippen LogP contribution in [-0.4, -0.2) is 27.1 Å². The highest BCUT2D eigenvalue weighted by Crippen LogP contribution is 2.29. The maximum absolute atomic E-state index is 12.3. The monoisotopic (exact) mass is 425 g/mol. The molecule has 26 heavy (non-hydrogen) atoms. The molecular formula is C17H11BrF3N3O2. The van der Waals surface area contributed by atoms with E-state index in [9.17, 15) is 18.0 Å². The van der Waals surface area contributed by atoms with E-state index in [0.717, 1.165) is 4.47 Å². The minimum Gasteiger partial charge on any atom is -0.406 e. The third kappa shape index (κ3) is 3.93. The number of ketones is 1. The van der Waals surface area contributed by atoms with Crippen molar-refractivity contribution in [1.29, 1.82) is 0 Å². The van der Waals surface area contributed by atoms with E-state index in [1.165, 1.54) is 42.1 Å². The second-order valence-electron chi connectivity index (χ2n) is 5.32. The first-order valence-electron chi connectivity index (χ1n) is 7.32. The van der Waals surface area contributed by atoms with Crippen LogP contribution in [0.3, 0.4) is 0 Å². The van der Waals surface area contributed by atoms with Gasteiger partial charge in [0.05, 0.1) is 17.6 Å². The molecular weight excluding hydrogens is 415 g/mol. The molecule has 0 N–H and O–H groups in total. The zero-order chi connectivity index (χ0) is 18.9. The normalized spacial score (nSPS) is 11.4. The van der Waals surface area contributed by atoms with E-state index in [2.05, 4.69) is 31.0 Å². The highest BCUT2D eigenvalue weighted by molar-refractivity contribution is 9.10. The SMILES string of the molecule is CC(=O)c1ccc(Br)cc1-n1nncc1-c1ccc(OC(F)(F)F)cc1. The van der Waals surface area contributed by atoms with Crippen LogP contribution in [0.1, 0.15) is 17.3 Å². The van der Waals surface area contributed by atoms with Gasteiger partial charge in [0, 0.05) is 15.6 Å². The smallest absolute Gasteiger partial charge is 0.406 e. The summed E-state index contributed by atoms with van der Waals surface area (Å²) in [6.07, 6.45) is -3.29. The topological polar surface area (TPSA) is 57.0 Å². The number of carbonyl (C=O) groups is 1. The van der Waals surface area contributed by atoms with Gasteiger partial charge in [0.25, 0.3) is 0 Å². The number of nitrogens with zero attached hydrogens (tertiary/aromatic N) is 3. The van der Waals surface area contributed by atoms with Gasteiger partial charge in [-0.2, -0.15) is 0 Å². The first-order valence-corrected chi connectivity index (χ1v) is 8.11. The maximum Gasteiger partial charge on any atom is 0.573 e. The summed E-state index contributed by atoms with van der Waals surface area (Å²) in [5.41, 5.74) is 2.04. The Morgan fingerprint density at radius 2 is 1.85 bits per heavy atom. The molecule has 0 spiro atoms. The first-order chi connectivity index (χ1) is 12.2. The summed E-state index contributed by atoms with van der Waals surface area (Å²) in [6, 6.07) is 10.4. The third-order valence-corrected chi connectivity index (χ3v) is 3.99. The van der Waals surface area contributed by atoms with Crippen molar-refractivity contribution >= 4 is 21.7 Å². The summed E-state index contributed by atoms with van der Waals surface area (Å²) in [4.78, 5) is 11.9. The summed E-state index contributed by atoms with van der Waals surface area (Å²) in [5, 5.41) is 7.87. The van der Waals surface area contributed by atoms with Crippen LogP contribution in [0.25, 0.3) is 16.9 Å². The van der Waals surface area contributed by atoms with Crippen LogP contribution in [0.4, 0.5) is 13.2 Å². The quantitative estimate of drug-likeness (QED) is 0.563. The van der Waals surface area contributed by atoms with Crippen molar-refractivity contribution in [3.63, 3.8) is 0 Å². The molecule has 0 saturated carbocycles. The fourth-order valence-electron chi connectivity index (χ4n) is 2.41. The molecule has 3 aromatic rings. The van der Waals surface area contributed by atoms with Crippen molar-refractivity contribution in [2.75, 3.05) is 0 Å². The van der Waals surface area contributed by atoms with E-state index in [1.54, 1.807) is 18.2 Å². The molecule has 0 amide bonds. The molecule has 0 saturated heterocycles. The number of Topliss-reactive ketones (excluding diaryl/α,β-unsaturated/α-hetero) is 1. The Morgan fingerprint density at radius 1 is 1.15 bits per heavy atom. The van der Waals surface area contributed by atoms with E-state index >= 15 is 0 Å². The average Bonchev–Trinajstić information content (AvgIpc) is 3.03. The molecule has 9 heteroatoms. The fourth-order valence-corrected chi connectivity index (χ4v) is 2.76. The van der Waals surface area contributed by atoms with Crippen LogP contribution < -0.4 is 4.74 Å². The minimum absolute atomic E-state index is 0.150. The van der Waals surface area contributed by atoms with Crippen molar-refractivity contribution in [3.05, 3.63) is 58.7 Å². The molecule has 0 atom stereocenters. The first kappa shape index (κ1) is 18.1. The summed E-state index contributed by atoms with van der Waals surface area (Å²) in [6.45, 7) is 1.44. The number of aromatic nitrogens is 3. The van der Waals surface area contributed by atoms with Crippen LogP contribution in [0.5, 0.6) is 5.75 Å². The predicted molar refractivity (Wildman–Crippen MR) is 91.2 cm³/mol. The third-order valence-electron chi connectivity index (χ3n) is 3.50. The lowest BCUT2D eigenvalue weighted by Crippen LogP contribution is -2.16. The van der Waals surface area contributed by atoms with Crippen LogP contribution in [-0.2, 0) is 0 Å². The van der Waals surface area contributed by atoms with Crippen molar-refractivity contribution in [2.24, 2.45) is 0 Å². The molecule has 0 unspecified atom stereocenters. The van der Waals surface area contributed by atoms with Gasteiger partial charge >= 0.3 is 6.36 Å². The zero-order valence-corrected chi connectivity index (χ0v) is 14.9. The number of hydrogen-bond acceptors (Lipinski definition) is 4. The molecule has 1 aromatic heterocycles. The molecule has 0 aliphatic rings. The number of carbonyl (C=O) groups excluding carboxylic acids is 1. The minimum atomic E-state index is -4.75. The number of halogens is 4. The van der Waals surface area contributed by atoms with Gasteiger partial charge in [0.15, 0.2) is 5.78 Å². The van der Waals surface area contributed by atoms with E-state index in [-0.39, 0.29) is 11.5 Å². The van der Waals surface area contributed by atoms with E-state index < -0.39 is 6.36 Å². The number of rotatable bonds is 4. The average molecular weight is 426 g/mol. The predicted octanol–water partition coefficient (Wildman–Crippen LogP) is 4.80. The summed E-state index contributed by atoms with van der Waals surface area (Å²) in [5.74, 6) is -0.477. The van der Waals surface area contributed by atoms with Gasteiger partial charge in [0.2, 0.25) is 0 Å². The fraction of sp³-hybridized carbons (Fsp3) is 0.118. The highest BCUT2D eigenvalue weighted by atomic mass is 79.9. The Hall–Kier alpha value is -2.68. The molecule has 2 aromatic carbocycles. The summed E-state index contributed by atoms with van der Waals surface area (Å²) in [7, 11) is 0.